The summed E-state index contributed by atoms with van der Waals surface area (Å²) < 4.78 is 4.76. The van der Waals surface area contributed by atoms with E-state index in [2.05, 4.69) is 36.6 Å². The molecule has 0 rings (SSSR count). The van der Waals surface area contributed by atoms with E-state index in [1.807, 2.05) is 0 Å². The lowest BCUT2D eigenvalue weighted by atomic mass is 10.3. The number of allylic oxidation sites excluding steroid dienone is 1. The summed E-state index contributed by atoms with van der Waals surface area (Å²) in [5, 5.41) is 17.5. The number of carboxylic acid groups (broad SMARTS) is 1. The van der Waals surface area contributed by atoms with Crippen molar-refractivity contribution in [3.05, 3.63) is 10.4 Å². The minimum Gasteiger partial charge on any atom is -0.481 e. The first kappa shape index (κ1) is 14.4. The third-order valence-electron chi connectivity index (χ3n) is 1.31. The van der Waals surface area contributed by atoms with E-state index in [1.165, 1.54) is 0 Å². The van der Waals surface area contributed by atoms with Gasteiger partial charge in [0, 0.05) is 0 Å². The lowest BCUT2D eigenvalue weighted by Crippen LogP contribution is -2.09. The number of rotatable bonds is 5. The standard InChI is InChI=1S/C8H10Br2O5/c1-4(9)7(10)8(14)15-6(13)3-2-5(11)12/h4,14H,2-3H2,1H3,(H,11,12)/b8-7-. The van der Waals surface area contributed by atoms with Crippen LogP contribution in [0.4, 0.5) is 0 Å². The number of halogens is 2. The summed E-state index contributed by atoms with van der Waals surface area (Å²) in [6.45, 7) is 1.71. The number of aliphatic hydroxyl groups excluding tert-OH is 1. The molecule has 0 saturated heterocycles. The highest BCUT2D eigenvalue weighted by Gasteiger charge is 2.14. The normalized spacial score (nSPS) is 14.1. The topological polar surface area (TPSA) is 83.8 Å². The number of alkyl halides is 1. The van der Waals surface area contributed by atoms with E-state index in [1.54, 1.807) is 6.92 Å². The molecule has 0 bridgehead atoms. The number of carboxylic acids is 1. The van der Waals surface area contributed by atoms with E-state index in [4.69, 9.17) is 5.11 Å². The van der Waals surface area contributed by atoms with E-state index in [0.29, 0.717) is 0 Å². The fourth-order valence-electron chi connectivity index (χ4n) is 0.587. The van der Waals surface area contributed by atoms with Crippen molar-refractivity contribution in [1.29, 1.82) is 0 Å². The van der Waals surface area contributed by atoms with Crippen LogP contribution < -0.4 is 0 Å². The predicted octanol–water partition coefficient (Wildman–Crippen LogP) is 2.30. The van der Waals surface area contributed by atoms with Gasteiger partial charge in [-0.15, -0.1) is 0 Å². The maximum absolute atomic E-state index is 11.0. The summed E-state index contributed by atoms with van der Waals surface area (Å²) in [5.74, 6) is -2.45. The molecule has 0 aliphatic rings. The highest BCUT2D eigenvalue weighted by molar-refractivity contribution is 9.14. The Labute approximate surface area is 103 Å². The second-order valence-electron chi connectivity index (χ2n) is 2.64. The number of esters is 1. The second-order valence-corrected chi connectivity index (χ2v) is 4.86. The molecular formula is C8H10Br2O5. The smallest absolute Gasteiger partial charge is 0.314 e. The van der Waals surface area contributed by atoms with Crippen LogP contribution in [0.15, 0.2) is 10.4 Å². The molecule has 0 radical (unpaired) electrons. The Bertz CT molecular complexity index is 285. The van der Waals surface area contributed by atoms with Gasteiger partial charge in [-0.3, -0.25) is 9.59 Å². The molecule has 0 aliphatic carbocycles. The van der Waals surface area contributed by atoms with Gasteiger partial charge in [0.25, 0.3) is 5.95 Å². The quantitative estimate of drug-likeness (QED) is 0.453. The van der Waals surface area contributed by atoms with Crippen LogP contribution in [0.5, 0.6) is 0 Å². The summed E-state index contributed by atoms with van der Waals surface area (Å²) in [5.41, 5.74) is 0. The highest BCUT2D eigenvalue weighted by atomic mass is 79.9. The van der Waals surface area contributed by atoms with E-state index in [-0.39, 0.29) is 22.2 Å². The first-order chi connectivity index (χ1) is 6.84. The Morgan fingerprint density at radius 2 is 1.87 bits per heavy atom. The largest absolute Gasteiger partial charge is 0.481 e. The van der Waals surface area contributed by atoms with Gasteiger partial charge in [-0.2, -0.15) is 0 Å². The van der Waals surface area contributed by atoms with Crippen molar-refractivity contribution in [2.24, 2.45) is 0 Å². The number of aliphatic hydroxyl groups is 1. The number of carbonyl (C=O) groups is 2. The van der Waals surface area contributed by atoms with Gasteiger partial charge < -0.3 is 14.9 Å². The van der Waals surface area contributed by atoms with Gasteiger partial charge in [0.05, 0.1) is 22.2 Å². The Hall–Kier alpha value is -0.560. The number of ether oxygens (including phenoxy) is 1. The highest BCUT2D eigenvalue weighted by Crippen LogP contribution is 2.21. The van der Waals surface area contributed by atoms with E-state index in [9.17, 15) is 14.7 Å². The van der Waals surface area contributed by atoms with Crippen LogP contribution in [-0.4, -0.2) is 27.0 Å². The zero-order valence-electron chi connectivity index (χ0n) is 7.87. The van der Waals surface area contributed by atoms with Crippen LogP contribution >= 0.6 is 31.9 Å². The maximum atomic E-state index is 11.0. The SMILES string of the molecule is CC(Br)/C(Br)=C(\O)OC(=O)CCC(=O)O. The van der Waals surface area contributed by atoms with Crippen molar-refractivity contribution < 1.29 is 24.5 Å². The molecule has 0 spiro atoms. The number of aliphatic carboxylic acids is 1. The zero-order chi connectivity index (χ0) is 12.0. The monoisotopic (exact) mass is 344 g/mol. The molecule has 0 fully saturated rings. The van der Waals surface area contributed by atoms with Crippen LogP contribution in [0.25, 0.3) is 0 Å². The van der Waals surface area contributed by atoms with Crippen LogP contribution in [0.1, 0.15) is 19.8 Å². The molecule has 0 heterocycles. The van der Waals surface area contributed by atoms with Gasteiger partial charge in [0.15, 0.2) is 0 Å². The van der Waals surface area contributed by atoms with Crippen LogP contribution in [0.3, 0.4) is 0 Å². The molecule has 86 valence electrons. The van der Waals surface area contributed by atoms with Crippen LogP contribution in [0.2, 0.25) is 0 Å². The fourth-order valence-corrected chi connectivity index (χ4v) is 0.864. The first-order valence-electron chi connectivity index (χ1n) is 3.99. The summed E-state index contributed by atoms with van der Waals surface area (Å²) in [7, 11) is 0. The molecule has 15 heavy (non-hydrogen) atoms. The van der Waals surface area contributed by atoms with Gasteiger partial charge >= 0.3 is 11.9 Å². The van der Waals surface area contributed by atoms with E-state index in [0.717, 1.165) is 0 Å². The van der Waals surface area contributed by atoms with Crippen LogP contribution in [0, 0.1) is 0 Å². The van der Waals surface area contributed by atoms with Crippen molar-refractivity contribution in [2.45, 2.75) is 24.6 Å². The van der Waals surface area contributed by atoms with Gasteiger partial charge in [0.1, 0.15) is 0 Å². The van der Waals surface area contributed by atoms with Crippen molar-refractivity contribution in [1.82, 2.24) is 0 Å². The molecule has 0 amide bonds. The Kier molecular flexibility index (Phi) is 6.58. The third kappa shape index (κ3) is 6.51. The Morgan fingerprint density at radius 1 is 1.33 bits per heavy atom. The molecule has 1 atom stereocenters. The van der Waals surface area contributed by atoms with Crippen molar-refractivity contribution >= 4 is 43.8 Å². The van der Waals surface area contributed by atoms with Crippen LogP contribution in [-0.2, 0) is 14.3 Å². The fraction of sp³-hybridized carbons (Fsp3) is 0.500. The molecule has 0 aromatic heterocycles. The molecule has 1 unspecified atom stereocenters. The summed E-state index contributed by atoms with van der Waals surface area (Å²) in [6.07, 6.45) is -0.607. The molecule has 0 aromatic carbocycles. The molecule has 0 aliphatic heterocycles. The second kappa shape index (κ2) is 6.84. The molecular weight excluding hydrogens is 336 g/mol. The number of hydrogen-bond acceptors (Lipinski definition) is 4. The lowest BCUT2D eigenvalue weighted by molar-refractivity contribution is -0.147. The molecule has 7 heteroatoms. The number of hydrogen-bond donors (Lipinski definition) is 2. The van der Waals surface area contributed by atoms with Gasteiger partial charge in [0.2, 0.25) is 0 Å². The molecule has 2 N–H and O–H groups in total. The summed E-state index contributed by atoms with van der Waals surface area (Å²) in [6, 6.07) is 0. The van der Waals surface area contributed by atoms with Crippen molar-refractivity contribution in [3.63, 3.8) is 0 Å². The molecule has 0 saturated carbocycles. The Morgan fingerprint density at radius 3 is 2.27 bits per heavy atom. The minimum absolute atomic E-state index is 0.204. The summed E-state index contributed by atoms with van der Waals surface area (Å²) >= 11 is 6.15. The average Bonchev–Trinajstić information content (AvgIpc) is 2.13. The van der Waals surface area contributed by atoms with Crippen molar-refractivity contribution in [3.8, 4) is 0 Å². The predicted molar refractivity (Wildman–Crippen MR) is 59.9 cm³/mol. The first-order valence-corrected chi connectivity index (χ1v) is 5.70. The number of carbonyl (C=O) groups excluding carboxylic acids is 1. The maximum Gasteiger partial charge on any atom is 0.314 e. The van der Waals surface area contributed by atoms with Gasteiger partial charge in [-0.05, 0) is 22.9 Å². The van der Waals surface area contributed by atoms with Crippen molar-refractivity contribution in [2.75, 3.05) is 0 Å². The summed E-state index contributed by atoms with van der Waals surface area (Å²) in [4.78, 5) is 20.9. The van der Waals surface area contributed by atoms with Gasteiger partial charge in [-0.1, -0.05) is 15.9 Å². The molecule has 0 aromatic rings. The molecule has 5 nitrogen and oxygen atoms in total. The zero-order valence-corrected chi connectivity index (χ0v) is 11.0. The lowest BCUT2D eigenvalue weighted by Gasteiger charge is -2.06. The van der Waals surface area contributed by atoms with Gasteiger partial charge in [-0.25, -0.2) is 0 Å². The minimum atomic E-state index is -1.09. The average molecular weight is 346 g/mol. The third-order valence-corrected chi connectivity index (χ3v) is 3.41. The van der Waals surface area contributed by atoms with E-state index < -0.39 is 17.9 Å². The Balaban J connectivity index is 4.18. The van der Waals surface area contributed by atoms with E-state index >= 15 is 0 Å².